The molecule has 5 aromatic rings. The van der Waals surface area contributed by atoms with Crippen LogP contribution < -0.4 is 0 Å². The molecule has 1 saturated carbocycles. The maximum Gasteiger partial charge on any atom is 0.424 e. The summed E-state index contributed by atoms with van der Waals surface area (Å²) < 4.78 is 7.31. The van der Waals surface area contributed by atoms with E-state index in [1.165, 1.54) is 0 Å². The zero-order valence-electron chi connectivity index (χ0n) is 20.5. The second kappa shape index (κ2) is 8.09. The van der Waals surface area contributed by atoms with Crippen molar-refractivity contribution in [1.29, 1.82) is 0 Å². The topological polar surface area (TPSA) is 133 Å². The van der Waals surface area contributed by atoms with E-state index in [1.54, 1.807) is 6.92 Å². The van der Waals surface area contributed by atoms with Crippen LogP contribution in [0.15, 0.2) is 53.6 Å². The second-order valence-corrected chi connectivity index (χ2v) is 9.75. The van der Waals surface area contributed by atoms with E-state index in [0.29, 0.717) is 22.1 Å². The summed E-state index contributed by atoms with van der Waals surface area (Å²) in [5.41, 5.74) is 12.7. The fourth-order valence-electron chi connectivity index (χ4n) is 6.41. The normalized spacial score (nSPS) is 19.1. The molecule has 7 rings (SSSR count). The number of amides is 3. The summed E-state index contributed by atoms with van der Waals surface area (Å²) >= 11 is 0. The van der Waals surface area contributed by atoms with Crippen molar-refractivity contribution >= 4 is 61.5 Å². The van der Waals surface area contributed by atoms with Crippen LogP contribution >= 0.6 is 0 Å². The largest absolute Gasteiger partial charge is 0.449 e. The van der Waals surface area contributed by atoms with Crippen molar-refractivity contribution < 1.29 is 19.1 Å². The van der Waals surface area contributed by atoms with Crippen LogP contribution in [0.4, 0.5) is 4.79 Å². The van der Waals surface area contributed by atoms with Crippen molar-refractivity contribution in [3.05, 3.63) is 70.1 Å². The number of aromatic nitrogens is 2. The molecular weight excluding hydrogens is 484 g/mol. The lowest BCUT2D eigenvalue weighted by Crippen LogP contribution is -2.36. The van der Waals surface area contributed by atoms with Gasteiger partial charge in [0, 0.05) is 49.6 Å². The Labute approximate surface area is 215 Å². The highest BCUT2D eigenvalue weighted by Crippen LogP contribution is 2.48. The molecule has 0 saturated heterocycles. The number of ether oxygens (including phenoxy) is 1. The number of carbonyl (C=O) groups excluding carboxylic acids is 3. The fourth-order valence-corrected chi connectivity index (χ4v) is 6.41. The first-order valence-electron chi connectivity index (χ1n) is 12.6. The molecule has 1 aliphatic carbocycles. The van der Waals surface area contributed by atoms with E-state index in [-0.39, 0.29) is 29.8 Å². The molecule has 10 nitrogen and oxygen atoms in total. The van der Waals surface area contributed by atoms with E-state index in [0.717, 1.165) is 45.7 Å². The molecule has 3 aromatic carbocycles. The first-order chi connectivity index (χ1) is 18.5. The van der Waals surface area contributed by atoms with Crippen LogP contribution in [0.1, 0.15) is 52.9 Å². The minimum atomic E-state index is -0.975. The highest BCUT2D eigenvalue weighted by molar-refractivity contribution is 6.41. The average Bonchev–Trinajstić information content (AvgIpc) is 3.66. The van der Waals surface area contributed by atoms with Crippen molar-refractivity contribution in [2.45, 2.75) is 38.3 Å². The van der Waals surface area contributed by atoms with Gasteiger partial charge in [0.1, 0.15) is 0 Å². The van der Waals surface area contributed by atoms with Crippen molar-refractivity contribution in [3.8, 4) is 0 Å². The number of benzene rings is 3. The van der Waals surface area contributed by atoms with E-state index in [9.17, 15) is 14.4 Å². The van der Waals surface area contributed by atoms with Gasteiger partial charge >= 0.3 is 6.09 Å². The first kappa shape index (κ1) is 22.4. The third-order valence-corrected chi connectivity index (χ3v) is 7.85. The van der Waals surface area contributed by atoms with E-state index >= 15 is 0 Å². The van der Waals surface area contributed by atoms with Crippen LogP contribution in [-0.2, 0) is 4.74 Å². The van der Waals surface area contributed by atoms with Gasteiger partial charge < -0.3 is 14.3 Å². The predicted octanol–water partition coefficient (Wildman–Crippen LogP) is 6.59. The number of para-hydroxylation sites is 2. The number of rotatable bonds is 3. The smallest absolute Gasteiger partial charge is 0.424 e. The van der Waals surface area contributed by atoms with Crippen LogP contribution in [0.25, 0.3) is 54.1 Å². The summed E-state index contributed by atoms with van der Waals surface area (Å²) in [6.07, 6.45) is 1.25. The van der Waals surface area contributed by atoms with Crippen molar-refractivity contribution in [2.24, 2.45) is 5.11 Å². The lowest BCUT2D eigenvalue weighted by atomic mass is 9.96. The Kier molecular flexibility index (Phi) is 4.77. The van der Waals surface area contributed by atoms with Gasteiger partial charge in [0.25, 0.3) is 11.8 Å². The molecule has 0 radical (unpaired) electrons. The van der Waals surface area contributed by atoms with Crippen molar-refractivity contribution in [1.82, 2.24) is 14.5 Å². The Morgan fingerprint density at radius 3 is 2.53 bits per heavy atom. The number of nitrogens with zero attached hydrogens (tertiary/aromatic N) is 5. The maximum atomic E-state index is 13.9. The van der Waals surface area contributed by atoms with Gasteiger partial charge in [0.05, 0.1) is 28.8 Å². The second-order valence-electron chi connectivity index (χ2n) is 9.75. The molecule has 10 heteroatoms. The number of fused-ring (bicyclic) bond motifs is 10. The minimum absolute atomic E-state index is 0.0222. The summed E-state index contributed by atoms with van der Waals surface area (Å²) in [4.78, 5) is 47.6. The summed E-state index contributed by atoms with van der Waals surface area (Å²) in [6, 6.07) is 15.3. The van der Waals surface area contributed by atoms with E-state index in [4.69, 9.17) is 10.3 Å². The fraction of sp³-hybridized carbons (Fsp3) is 0.250. The van der Waals surface area contributed by atoms with Crippen molar-refractivity contribution in [2.75, 3.05) is 6.61 Å². The first-order valence-corrected chi connectivity index (χ1v) is 12.6. The van der Waals surface area contributed by atoms with E-state index < -0.39 is 17.9 Å². The molecule has 1 N–H and O–H groups in total. The number of aromatic amines is 1. The Balaban J connectivity index is 1.66. The highest BCUT2D eigenvalue weighted by atomic mass is 16.6. The molecule has 3 heterocycles. The number of hydrogen-bond acceptors (Lipinski definition) is 5. The van der Waals surface area contributed by atoms with Crippen molar-refractivity contribution in [3.63, 3.8) is 0 Å². The van der Waals surface area contributed by atoms with Gasteiger partial charge in [-0.3, -0.25) is 9.59 Å². The Bertz CT molecular complexity index is 1910. The monoisotopic (exact) mass is 506 g/mol. The third kappa shape index (κ3) is 2.83. The number of azide groups is 1. The molecule has 38 heavy (non-hydrogen) atoms. The summed E-state index contributed by atoms with van der Waals surface area (Å²) in [7, 11) is 0. The zero-order chi connectivity index (χ0) is 26.1. The molecule has 0 spiro atoms. The van der Waals surface area contributed by atoms with Crippen LogP contribution in [0.2, 0.25) is 0 Å². The van der Waals surface area contributed by atoms with Gasteiger partial charge in [0.15, 0.2) is 0 Å². The number of hydrogen-bond donors (Lipinski definition) is 1. The molecule has 1 unspecified atom stereocenters. The SMILES string of the molecule is CCOC(=O)N1C(=O)c2c(c3c4ccccc4n(C4CC[C@H](N=[N+]=[N-])C4)c3c3[nH]c4ccccc4c23)C1=O. The average molecular weight is 507 g/mol. The Morgan fingerprint density at radius 2 is 1.76 bits per heavy atom. The molecule has 1 fully saturated rings. The summed E-state index contributed by atoms with van der Waals surface area (Å²) in [5.74, 6) is -1.36. The number of imide groups is 3. The van der Waals surface area contributed by atoms with E-state index in [1.807, 2.05) is 48.5 Å². The van der Waals surface area contributed by atoms with Gasteiger partial charge in [-0.15, -0.1) is 0 Å². The predicted molar refractivity (Wildman–Crippen MR) is 142 cm³/mol. The third-order valence-electron chi connectivity index (χ3n) is 7.85. The van der Waals surface area contributed by atoms with E-state index in [2.05, 4.69) is 19.6 Å². The van der Waals surface area contributed by atoms with Crippen LogP contribution in [-0.4, -0.2) is 45.0 Å². The van der Waals surface area contributed by atoms with Crippen LogP contribution in [0, 0.1) is 0 Å². The lowest BCUT2D eigenvalue weighted by Gasteiger charge is -2.16. The molecular formula is C28H22N6O4. The molecule has 1 aliphatic heterocycles. The van der Waals surface area contributed by atoms with Crippen LogP contribution in [0.5, 0.6) is 0 Å². The minimum Gasteiger partial charge on any atom is -0.449 e. The summed E-state index contributed by atoms with van der Waals surface area (Å²) in [6.45, 7) is 1.67. The highest BCUT2D eigenvalue weighted by Gasteiger charge is 2.45. The molecule has 2 aromatic heterocycles. The summed E-state index contributed by atoms with van der Waals surface area (Å²) in [5, 5.41) is 6.83. The van der Waals surface area contributed by atoms with Crippen LogP contribution in [0.3, 0.4) is 0 Å². The number of nitrogens with one attached hydrogen (secondary N) is 1. The molecule has 2 atom stereocenters. The lowest BCUT2D eigenvalue weighted by molar-refractivity contribution is 0.0597. The Hall–Kier alpha value is -4.82. The van der Waals surface area contributed by atoms with Gasteiger partial charge in [-0.25, -0.2) is 4.79 Å². The van der Waals surface area contributed by atoms with Gasteiger partial charge in [0.2, 0.25) is 0 Å². The van der Waals surface area contributed by atoms with Gasteiger partial charge in [-0.05, 0) is 43.9 Å². The molecule has 2 aliphatic rings. The number of H-pyrrole nitrogens is 1. The maximum absolute atomic E-state index is 13.9. The number of carbonyl (C=O) groups is 3. The quantitative estimate of drug-likeness (QED) is 0.128. The van der Waals surface area contributed by atoms with Gasteiger partial charge in [-0.1, -0.05) is 41.5 Å². The molecule has 0 bridgehead atoms. The zero-order valence-corrected chi connectivity index (χ0v) is 20.5. The Morgan fingerprint density at radius 1 is 1.05 bits per heavy atom. The molecule has 188 valence electrons. The standard InChI is InChI=1S/C28H22N6O4/c1-2-38-28(37)34-26(35)22-20-16-7-3-5-9-18(16)30-24(20)25-21(23(22)27(34)36)17-8-4-6-10-19(17)33(25)15-12-11-14(13-15)31-32-29/h3-10,14-15,30H,2,11-13H2,1H3/t14-,15?/m0/s1. The molecule has 3 amide bonds. The van der Waals surface area contributed by atoms with Gasteiger partial charge in [-0.2, -0.15) is 4.90 Å².